The molecule has 3 heteroatoms. The van der Waals surface area contributed by atoms with E-state index >= 15 is 0 Å². The first kappa shape index (κ1) is 8.65. The molecule has 0 aliphatic heterocycles. The average Bonchev–Trinajstić information content (AvgIpc) is 1.81. The number of carbonyl (C=O) groups excluding carboxylic acids is 1. The minimum absolute atomic E-state index is 0.237. The summed E-state index contributed by atoms with van der Waals surface area (Å²) in [5.74, 6) is -0.464. The van der Waals surface area contributed by atoms with Gasteiger partial charge in [0.15, 0.2) is 12.0 Å². The van der Waals surface area contributed by atoms with Crippen molar-refractivity contribution in [1.82, 2.24) is 0 Å². The van der Waals surface area contributed by atoms with Crippen molar-refractivity contribution in [2.45, 2.75) is 39.0 Å². The van der Waals surface area contributed by atoms with Crippen LogP contribution in [0.2, 0.25) is 0 Å². The normalized spacial score (nSPS) is 37.3. The molecule has 11 heavy (non-hydrogen) atoms. The lowest BCUT2D eigenvalue weighted by molar-refractivity contribution is -0.135. The fourth-order valence-electron chi connectivity index (χ4n) is 1.53. The second kappa shape index (κ2) is 2.55. The number of Topliss-reactive ketones (excluding diaryl/α,β-unsaturated/α-hetero) is 1. The summed E-state index contributed by atoms with van der Waals surface area (Å²) in [5.41, 5.74) is -0.237. The Morgan fingerprint density at radius 3 is 2.64 bits per heavy atom. The van der Waals surface area contributed by atoms with E-state index in [4.69, 9.17) is 5.11 Å². The molecule has 0 aromatic carbocycles. The summed E-state index contributed by atoms with van der Waals surface area (Å²) in [4.78, 5) is 10.9. The van der Waals surface area contributed by atoms with Crippen LogP contribution in [0.1, 0.15) is 26.7 Å². The second-order valence-corrected chi connectivity index (χ2v) is 3.98. The number of ketones is 1. The van der Waals surface area contributed by atoms with Crippen molar-refractivity contribution < 1.29 is 14.3 Å². The summed E-state index contributed by atoms with van der Waals surface area (Å²) < 4.78 is 12.7. The quantitative estimate of drug-likeness (QED) is 0.575. The van der Waals surface area contributed by atoms with Gasteiger partial charge < -0.3 is 5.11 Å². The van der Waals surface area contributed by atoms with Gasteiger partial charge >= 0.3 is 0 Å². The summed E-state index contributed by atoms with van der Waals surface area (Å²) in [6.07, 6.45) is -2.13. The van der Waals surface area contributed by atoms with Crippen molar-refractivity contribution >= 4 is 5.78 Å². The van der Waals surface area contributed by atoms with E-state index in [-0.39, 0.29) is 11.8 Å². The standard InChI is InChI=1S/C8H13FO2/c1-8(2)3-5(10)7(9)6(11)4-8/h5,7,10H,3-4H2,1-2H3. The second-order valence-electron chi connectivity index (χ2n) is 3.98. The van der Waals surface area contributed by atoms with E-state index in [2.05, 4.69) is 0 Å². The Kier molecular flexibility index (Phi) is 2.01. The van der Waals surface area contributed by atoms with Crippen LogP contribution < -0.4 is 0 Å². The van der Waals surface area contributed by atoms with Crippen molar-refractivity contribution in [3.8, 4) is 0 Å². The van der Waals surface area contributed by atoms with E-state index in [0.29, 0.717) is 6.42 Å². The Morgan fingerprint density at radius 2 is 2.18 bits per heavy atom. The zero-order valence-electron chi connectivity index (χ0n) is 6.80. The minimum atomic E-state index is -1.65. The monoisotopic (exact) mass is 160 g/mol. The SMILES string of the molecule is CC1(C)CC(=O)C(F)C(O)C1. The predicted octanol–water partition coefficient (Wildman–Crippen LogP) is 1.07. The number of carbonyl (C=O) groups is 1. The summed E-state index contributed by atoms with van der Waals surface area (Å²) in [7, 11) is 0. The van der Waals surface area contributed by atoms with Gasteiger partial charge in [-0.2, -0.15) is 0 Å². The molecule has 0 saturated heterocycles. The first-order chi connectivity index (χ1) is 4.92. The lowest BCUT2D eigenvalue weighted by Gasteiger charge is -2.33. The largest absolute Gasteiger partial charge is 0.390 e. The van der Waals surface area contributed by atoms with Crippen molar-refractivity contribution in [2.75, 3.05) is 0 Å². The van der Waals surface area contributed by atoms with Crippen molar-refractivity contribution in [3.05, 3.63) is 0 Å². The molecule has 1 aliphatic carbocycles. The van der Waals surface area contributed by atoms with Crippen LogP contribution in [0.3, 0.4) is 0 Å². The fraction of sp³-hybridized carbons (Fsp3) is 0.875. The molecular formula is C8H13FO2. The van der Waals surface area contributed by atoms with Crippen LogP contribution in [0.15, 0.2) is 0 Å². The third-order valence-electron chi connectivity index (χ3n) is 2.06. The van der Waals surface area contributed by atoms with Crippen molar-refractivity contribution in [3.63, 3.8) is 0 Å². The molecule has 1 rings (SSSR count). The fourth-order valence-corrected chi connectivity index (χ4v) is 1.53. The van der Waals surface area contributed by atoms with E-state index in [1.165, 1.54) is 0 Å². The highest BCUT2D eigenvalue weighted by molar-refractivity contribution is 5.85. The first-order valence-corrected chi connectivity index (χ1v) is 3.77. The summed E-state index contributed by atoms with van der Waals surface area (Å²) in [6.45, 7) is 3.72. The molecule has 0 aromatic heterocycles. The van der Waals surface area contributed by atoms with Gasteiger partial charge in [0, 0.05) is 6.42 Å². The maximum atomic E-state index is 12.7. The zero-order valence-corrected chi connectivity index (χ0v) is 6.80. The smallest absolute Gasteiger partial charge is 0.184 e. The highest BCUT2D eigenvalue weighted by Gasteiger charge is 2.39. The Morgan fingerprint density at radius 1 is 1.64 bits per heavy atom. The van der Waals surface area contributed by atoms with Gasteiger partial charge in [-0.15, -0.1) is 0 Å². The van der Waals surface area contributed by atoms with Crippen LogP contribution in [0, 0.1) is 5.41 Å². The molecule has 1 N–H and O–H groups in total. The van der Waals surface area contributed by atoms with Gasteiger partial charge in [-0.25, -0.2) is 4.39 Å². The molecule has 2 nitrogen and oxygen atoms in total. The van der Waals surface area contributed by atoms with Gasteiger partial charge in [0.05, 0.1) is 6.10 Å². The molecule has 0 amide bonds. The molecule has 2 unspecified atom stereocenters. The molecule has 2 atom stereocenters. The molecule has 1 saturated carbocycles. The van der Waals surface area contributed by atoms with Crippen LogP contribution in [-0.4, -0.2) is 23.2 Å². The Labute approximate surface area is 65.4 Å². The van der Waals surface area contributed by atoms with E-state index < -0.39 is 18.1 Å². The molecule has 0 heterocycles. The number of hydrogen-bond acceptors (Lipinski definition) is 2. The topological polar surface area (TPSA) is 37.3 Å². The molecule has 64 valence electrons. The molecule has 0 spiro atoms. The van der Waals surface area contributed by atoms with Gasteiger partial charge in [-0.05, 0) is 11.8 Å². The van der Waals surface area contributed by atoms with E-state index in [1.54, 1.807) is 0 Å². The van der Waals surface area contributed by atoms with E-state index in [1.807, 2.05) is 13.8 Å². The summed E-state index contributed by atoms with van der Waals surface area (Å²) >= 11 is 0. The molecule has 0 aromatic rings. The van der Waals surface area contributed by atoms with Crippen LogP contribution in [0.4, 0.5) is 4.39 Å². The number of halogens is 1. The third-order valence-corrected chi connectivity index (χ3v) is 2.06. The van der Waals surface area contributed by atoms with Crippen LogP contribution in [-0.2, 0) is 4.79 Å². The van der Waals surface area contributed by atoms with Gasteiger partial charge in [-0.1, -0.05) is 13.8 Å². The Balaban J connectivity index is 2.70. The van der Waals surface area contributed by atoms with E-state index in [9.17, 15) is 9.18 Å². The zero-order chi connectivity index (χ0) is 8.65. The van der Waals surface area contributed by atoms with Crippen molar-refractivity contribution in [2.24, 2.45) is 5.41 Å². The summed E-state index contributed by atoms with van der Waals surface area (Å²) in [6, 6.07) is 0. The maximum absolute atomic E-state index is 12.7. The lowest BCUT2D eigenvalue weighted by atomic mass is 9.75. The van der Waals surface area contributed by atoms with E-state index in [0.717, 1.165) is 0 Å². The van der Waals surface area contributed by atoms with Gasteiger partial charge in [0.1, 0.15) is 0 Å². The molecule has 0 radical (unpaired) electrons. The number of alkyl halides is 1. The molecule has 1 fully saturated rings. The number of hydrogen-bond donors (Lipinski definition) is 1. The third kappa shape index (κ3) is 1.77. The Hall–Kier alpha value is -0.440. The van der Waals surface area contributed by atoms with Gasteiger partial charge in [0.25, 0.3) is 0 Å². The highest BCUT2D eigenvalue weighted by Crippen LogP contribution is 2.34. The first-order valence-electron chi connectivity index (χ1n) is 3.77. The number of aliphatic hydroxyl groups is 1. The van der Waals surface area contributed by atoms with Gasteiger partial charge in [0.2, 0.25) is 0 Å². The molecule has 1 aliphatic rings. The minimum Gasteiger partial charge on any atom is -0.390 e. The lowest BCUT2D eigenvalue weighted by Crippen LogP contribution is -2.41. The summed E-state index contributed by atoms with van der Waals surface area (Å²) in [5, 5.41) is 9.09. The highest BCUT2D eigenvalue weighted by atomic mass is 19.1. The van der Waals surface area contributed by atoms with Crippen LogP contribution in [0.5, 0.6) is 0 Å². The van der Waals surface area contributed by atoms with Crippen LogP contribution in [0.25, 0.3) is 0 Å². The average molecular weight is 160 g/mol. The maximum Gasteiger partial charge on any atom is 0.184 e. The Bertz CT molecular complexity index is 177. The number of rotatable bonds is 0. The molecular weight excluding hydrogens is 147 g/mol. The predicted molar refractivity (Wildman–Crippen MR) is 38.9 cm³/mol. The van der Waals surface area contributed by atoms with Crippen molar-refractivity contribution in [1.29, 1.82) is 0 Å². The molecule has 0 bridgehead atoms. The number of aliphatic hydroxyl groups excluding tert-OH is 1. The van der Waals surface area contributed by atoms with Gasteiger partial charge in [-0.3, -0.25) is 4.79 Å². The van der Waals surface area contributed by atoms with Crippen LogP contribution >= 0.6 is 0 Å².